The Morgan fingerprint density at radius 3 is 1.20 bits per heavy atom. The third-order valence-electron chi connectivity index (χ3n) is 7.80. The molecular formula is C46H76O4. The summed E-state index contributed by atoms with van der Waals surface area (Å²) < 4.78 is 5.04. The third kappa shape index (κ3) is 42.9. The smallest absolute Gasteiger partial charge is 0.306 e. The van der Waals surface area contributed by atoms with E-state index in [0.717, 1.165) is 83.5 Å². The molecule has 0 heterocycles. The molecule has 1 atom stereocenters. The summed E-state index contributed by atoms with van der Waals surface area (Å²) in [5, 5.41) is 9.08. The Balaban J connectivity index is 0. The maximum atomic E-state index is 11.3. The zero-order valence-corrected chi connectivity index (χ0v) is 32.8. The Morgan fingerprint density at radius 1 is 0.460 bits per heavy atom. The summed E-state index contributed by atoms with van der Waals surface area (Å²) in [5.41, 5.74) is 0. The molecule has 50 heavy (non-hydrogen) atoms. The largest absolute Gasteiger partial charge is 0.481 e. The number of unbranched alkanes of at least 4 members (excludes halogenated alkanes) is 7. The highest BCUT2D eigenvalue weighted by atomic mass is 16.5. The van der Waals surface area contributed by atoms with Gasteiger partial charge in [0, 0.05) is 6.42 Å². The normalized spacial score (nSPS) is 13.0. The second-order valence-electron chi connectivity index (χ2n) is 12.7. The van der Waals surface area contributed by atoms with E-state index >= 15 is 0 Å². The minimum absolute atomic E-state index is 0.0715. The molecule has 0 amide bonds. The molecule has 4 heteroatoms. The SMILES string of the molecule is CCCCC/C=C\C/C=C\C/C=C\C/C=C\CCC(CCC)C(=O)O.CCCCC/C=C\C/C=C\C/C=C\C/C=C\CCCC(=O)OCCC. The Labute approximate surface area is 309 Å². The van der Waals surface area contributed by atoms with Gasteiger partial charge in [0.15, 0.2) is 0 Å². The summed E-state index contributed by atoms with van der Waals surface area (Å²) in [7, 11) is 0. The molecule has 0 aromatic rings. The van der Waals surface area contributed by atoms with Crippen LogP contribution < -0.4 is 0 Å². The second kappa shape index (κ2) is 43.9. The Hall–Kier alpha value is -3.14. The van der Waals surface area contributed by atoms with Gasteiger partial charge >= 0.3 is 11.9 Å². The lowest BCUT2D eigenvalue weighted by Gasteiger charge is -2.08. The second-order valence-corrected chi connectivity index (χ2v) is 12.7. The van der Waals surface area contributed by atoms with E-state index in [4.69, 9.17) is 9.84 Å². The van der Waals surface area contributed by atoms with Crippen molar-refractivity contribution in [1.82, 2.24) is 0 Å². The van der Waals surface area contributed by atoms with Crippen LogP contribution in [0.4, 0.5) is 0 Å². The van der Waals surface area contributed by atoms with Crippen LogP contribution in [0.2, 0.25) is 0 Å². The van der Waals surface area contributed by atoms with E-state index in [1.807, 2.05) is 13.8 Å². The summed E-state index contributed by atoms with van der Waals surface area (Å²) in [6.45, 7) is 9.06. The van der Waals surface area contributed by atoms with Crippen LogP contribution in [0.1, 0.15) is 169 Å². The number of carbonyl (C=O) groups excluding carboxylic acids is 1. The zero-order chi connectivity index (χ0) is 37.0. The van der Waals surface area contributed by atoms with Crippen LogP contribution in [0, 0.1) is 5.92 Å². The minimum Gasteiger partial charge on any atom is -0.481 e. The van der Waals surface area contributed by atoms with Crippen molar-refractivity contribution in [3.8, 4) is 0 Å². The van der Waals surface area contributed by atoms with Crippen LogP contribution in [0.5, 0.6) is 0 Å². The molecule has 284 valence electrons. The molecule has 1 N–H and O–H groups in total. The van der Waals surface area contributed by atoms with E-state index in [1.165, 1.54) is 51.4 Å². The molecule has 0 aromatic carbocycles. The van der Waals surface area contributed by atoms with E-state index in [0.29, 0.717) is 13.0 Å². The van der Waals surface area contributed by atoms with E-state index in [1.54, 1.807) is 0 Å². The number of allylic oxidation sites excluding steroid dienone is 16. The number of hydrogen-bond acceptors (Lipinski definition) is 3. The van der Waals surface area contributed by atoms with Crippen LogP contribution in [-0.4, -0.2) is 23.7 Å². The fraction of sp³-hybridized carbons (Fsp3) is 0.609. The Kier molecular flexibility index (Phi) is 43.0. The van der Waals surface area contributed by atoms with Crippen molar-refractivity contribution in [2.75, 3.05) is 6.61 Å². The lowest BCUT2D eigenvalue weighted by atomic mass is 9.98. The molecule has 0 aromatic heterocycles. The van der Waals surface area contributed by atoms with Gasteiger partial charge in [0.2, 0.25) is 0 Å². The van der Waals surface area contributed by atoms with Crippen molar-refractivity contribution in [2.45, 2.75) is 169 Å². The standard InChI is InChI=1S/2C23H38O2/c1-3-5-6-7-8-9-10-11-12-13-14-15-16-17-18-19-20-21-23(24)25-22-4-2;1-3-5-6-7-8-9-10-11-12-13-14-15-16-17-18-19-21-22(20-4-2)23(24)25/h8-9,11-12,14-15,17-18H,3-7,10,13,16,19-22H2,1-2H3;8-9,11-12,14-15,17-18,22H,3-7,10,13,16,19-21H2,1-2H3,(H,24,25)/b2*9-8-,12-11-,15-14-,18-17-. The van der Waals surface area contributed by atoms with Gasteiger partial charge in [-0.1, -0.05) is 157 Å². The topological polar surface area (TPSA) is 63.6 Å². The molecule has 0 saturated carbocycles. The maximum Gasteiger partial charge on any atom is 0.306 e. The predicted molar refractivity (Wildman–Crippen MR) is 219 cm³/mol. The summed E-state index contributed by atoms with van der Waals surface area (Å²) in [6, 6.07) is 0. The van der Waals surface area contributed by atoms with Gasteiger partial charge in [-0.3, -0.25) is 9.59 Å². The van der Waals surface area contributed by atoms with Gasteiger partial charge in [-0.15, -0.1) is 0 Å². The Bertz CT molecular complexity index is 974. The first-order valence-electron chi connectivity index (χ1n) is 20.1. The highest BCUT2D eigenvalue weighted by molar-refractivity contribution is 5.70. The maximum absolute atomic E-state index is 11.3. The predicted octanol–water partition coefficient (Wildman–Crippen LogP) is 14.3. The number of ether oxygens (including phenoxy) is 1. The molecule has 0 saturated heterocycles. The van der Waals surface area contributed by atoms with Crippen molar-refractivity contribution < 1.29 is 19.4 Å². The van der Waals surface area contributed by atoms with E-state index in [2.05, 4.69) is 111 Å². The van der Waals surface area contributed by atoms with Crippen molar-refractivity contribution in [2.24, 2.45) is 5.92 Å². The molecule has 0 bridgehead atoms. The Morgan fingerprint density at radius 2 is 0.840 bits per heavy atom. The van der Waals surface area contributed by atoms with Crippen LogP contribution in [0.15, 0.2) is 97.2 Å². The summed E-state index contributed by atoms with van der Waals surface area (Å²) in [4.78, 5) is 22.3. The van der Waals surface area contributed by atoms with Gasteiger partial charge < -0.3 is 9.84 Å². The van der Waals surface area contributed by atoms with Crippen LogP contribution >= 0.6 is 0 Å². The molecule has 0 spiro atoms. The minimum atomic E-state index is -0.655. The molecule has 0 rings (SSSR count). The van der Waals surface area contributed by atoms with Gasteiger partial charge in [-0.25, -0.2) is 0 Å². The molecule has 1 unspecified atom stereocenters. The quantitative estimate of drug-likeness (QED) is 0.0433. The number of carbonyl (C=O) groups is 2. The van der Waals surface area contributed by atoms with Crippen molar-refractivity contribution in [3.63, 3.8) is 0 Å². The van der Waals surface area contributed by atoms with Gasteiger partial charge in [0.05, 0.1) is 12.5 Å². The van der Waals surface area contributed by atoms with Crippen LogP contribution in [0.25, 0.3) is 0 Å². The molecular weight excluding hydrogens is 617 g/mol. The third-order valence-corrected chi connectivity index (χ3v) is 7.80. The molecule has 0 fully saturated rings. The molecule has 4 nitrogen and oxygen atoms in total. The van der Waals surface area contributed by atoms with Gasteiger partial charge in [0.1, 0.15) is 0 Å². The fourth-order valence-corrected chi connectivity index (χ4v) is 4.81. The number of carboxylic acid groups (broad SMARTS) is 1. The van der Waals surface area contributed by atoms with Gasteiger partial charge in [-0.05, 0) is 103 Å². The van der Waals surface area contributed by atoms with E-state index in [-0.39, 0.29) is 11.9 Å². The van der Waals surface area contributed by atoms with E-state index in [9.17, 15) is 9.59 Å². The average Bonchev–Trinajstić information content (AvgIpc) is 3.11. The van der Waals surface area contributed by atoms with Crippen molar-refractivity contribution >= 4 is 11.9 Å². The van der Waals surface area contributed by atoms with Crippen molar-refractivity contribution in [3.05, 3.63) is 97.2 Å². The molecule has 0 aliphatic rings. The number of hydrogen-bond donors (Lipinski definition) is 1. The first kappa shape index (κ1) is 49.0. The molecule has 0 aliphatic heterocycles. The van der Waals surface area contributed by atoms with Gasteiger partial charge in [0.25, 0.3) is 0 Å². The molecule has 0 radical (unpaired) electrons. The summed E-state index contributed by atoms with van der Waals surface area (Å²) >= 11 is 0. The fourth-order valence-electron chi connectivity index (χ4n) is 4.81. The van der Waals surface area contributed by atoms with E-state index < -0.39 is 5.97 Å². The number of rotatable bonds is 32. The lowest BCUT2D eigenvalue weighted by Crippen LogP contribution is -2.12. The highest BCUT2D eigenvalue weighted by Crippen LogP contribution is 2.14. The summed E-state index contributed by atoms with van der Waals surface area (Å²) in [5.74, 6) is -0.911. The zero-order valence-electron chi connectivity index (χ0n) is 32.8. The lowest BCUT2D eigenvalue weighted by molar-refractivity contribution is -0.144. The number of esters is 1. The van der Waals surface area contributed by atoms with Crippen LogP contribution in [0.3, 0.4) is 0 Å². The number of carboxylic acids is 1. The van der Waals surface area contributed by atoms with Crippen molar-refractivity contribution in [1.29, 1.82) is 0 Å². The van der Waals surface area contributed by atoms with Crippen LogP contribution in [-0.2, 0) is 14.3 Å². The first-order valence-corrected chi connectivity index (χ1v) is 20.1. The monoisotopic (exact) mass is 693 g/mol. The number of aliphatic carboxylic acids is 1. The average molecular weight is 693 g/mol. The van der Waals surface area contributed by atoms with Gasteiger partial charge in [-0.2, -0.15) is 0 Å². The highest BCUT2D eigenvalue weighted by Gasteiger charge is 2.14. The molecule has 0 aliphatic carbocycles. The summed E-state index contributed by atoms with van der Waals surface area (Å²) in [6.07, 6.45) is 58.1. The first-order chi connectivity index (χ1) is 24.5.